The predicted molar refractivity (Wildman–Crippen MR) is 81.3 cm³/mol. The highest BCUT2D eigenvalue weighted by atomic mass is 16.2. The van der Waals surface area contributed by atoms with E-state index in [1.807, 2.05) is 32.6 Å². The lowest BCUT2D eigenvalue weighted by atomic mass is 9.82. The fourth-order valence-electron chi connectivity index (χ4n) is 2.87. The molecule has 0 spiro atoms. The van der Waals surface area contributed by atoms with Crippen molar-refractivity contribution < 1.29 is 9.59 Å². The molecule has 0 aromatic carbocycles. The molecule has 2 atom stereocenters. The van der Waals surface area contributed by atoms with Crippen LogP contribution in [-0.2, 0) is 9.59 Å². The number of hydrogen-bond donors (Lipinski definition) is 1. The van der Waals surface area contributed by atoms with E-state index < -0.39 is 0 Å². The maximum atomic E-state index is 12.5. The lowest BCUT2D eigenvalue weighted by Gasteiger charge is -2.44. The van der Waals surface area contributed by atoms with Crippen molar-refractivity contribution >= 4 is 11.8 Å². The molecule has 4 heteroatoms. The highest BCUT2D eigenvalue weighted by Gasteiger charge is 2.45. The number of carbonyl (C=O) groups excluding carboxylic acids is 2. The minimum Gasteiger partial charge on any atom is -0.342 e. The van der Waals surface area contributed by atoms with E-state index in [0.717, 1.165) is 12.8 Å². The molecule has 0 aromatic rings. The molecule has 1 fully saturated rings. The van der Waals surface area contributed by atoms with Gasteiger partial charge < -0.3 is 10.2 Å². The van der Waals surface area contributed by atoms with Gasteiger partial charge in [0.15, 0.2) is 0 Å². The second-order valence-corrected chi connectivity index (χ2v) is 6.83. The van der Waals surface area contributed by atoms with Gasteiger partial charge in [0.2, 0.25) is 11.8 Å². The van der Waals surface area contributed by atoms with Crippen LogP contribution in [0.3, 0.4) is 0 Å². The number of amides is 2. The first kappa shape index (κ1) is 17.0. The monoisotopic (exact) mass is 282 g/mol. The van der Waals surface area contributed by atoms with Gasteiger partial charge in [-0.25, -0.2) is 0 Å². The summed E-state index contributed by atoms with van der Waals surface area (Å²) in [7, 11) is 0. The van der Waals surface area contributed by atoms with Gasteiger partial charge in [-0.05, 0) is 18.3 Å². The van der Waals surface area contributed by atoms with Gasteiger partial charge in [0.05, 0.1) is 0 Å². The van der Waals surface area contributed by atoms with Crippen LogP contribution in [0.4, 0.5) is 0 Å². The number of hydrogen-bond acceptors (Lipinski definition) is 2. The molecule has 0 aliphatic carbocycles. The van der Waals surface area contributed by atoms with Gasteiger partial charge in [-0.1, -0.05) is 53.9 Å². The Morgan fingerprint density at radius 3 is 2.25 bits per heavy atom. The van der Waals surface area contributed by atoms with E-state index in [1.165, 1.54) is 12.8 Å². The molecular formula is C16H30N2O2. The number of piperazine rings is 1. The van der Waals surface area contributed by atoms with E-state index in [0.29, 0.717) is 13.0 Å². The maximum Gasteiger partial charge on any atom is 0.245 e. The quantitative estimate of drug-likeness (QED) is 0.762. The predicted octanol–water partition coefficient (Wildman–Crippen LogP) is 2.72. The molecule has 2 unspecified atom stereocenters. The fourth-order valence-corrected chi connectivity index (χ4v) is 2.87. The van der Waals surface area contributed by atoms with Crippen molar-refractivity contribution in [3.8, 4) is 0 Å². The molecule has 20 heavy (non-hydrogen) atoms. The summed E-state index contributed by atoms with van der Waals surface area (Å²) in [6.07, 6.45) is 5.12. The van der Waals surface area contributed by atoms with Gasteiger partial charge in [0.1, 0.15) is 12.1 Å². The smallest absolute Gasteiger partial charge is 0.245 e. The molecule has 0 saturated carbocycles. The summed E-state index contributed by atoms with van der Waals surface area (Å²) in [5.74, 6) is 0.0861. The summed E-state index contributed by atoms with van der Waals surface area (Å²) >= 11 is 0. The van der Waals surface area contributed by atoms with Crippen molar-refractivity contribution in [1.82, 2.24) is 10.2 Å². The molecule has 0 bridgehead atoms. The second-order valence-electron chi connectivity index (χ2n) is 6.83. The minimum absolute atomic E-state index is 0.000517. The second kappa shape index (κ2) is 7.09. The SMILES string of the molecule is CCCCCCN1C(=O)C(CC)NC(=O)C1C(C)(C)C. The van der Waals surface area contributed by atoms with Gasteiger partial charge in [0.25, 0.3) is 0 Å². The number of nitrogens with one attached hydrogen (secondary N) is 1. The number of carbonyl (C=O) groups is 2. The molecule has 1 saturated heterocycles. The summed E-state index contributed by atoms with van der Waals surface area (Å²) in [4.78, 5) is 26.7. The van der Waals surface area contributed by atoms with Crippen LogP contribution in [0.2, 0.25) is 0 Å². The molecule has 1 aliphatic rings. The van der Waals surface area contributed by atoms with Crippen molar-refractivity contribution in [2.24, 2.45) is 5.41 Å². The van der Waals surface area contributed by atoms with Gasteiger partial charge in [-0.3, -0.25) is 9.59 Å². The third-order valence-electron chi connectivity index (χ3n) is 3.94. The van der Waals surface area contributed by atoms with Crippen LogP contribution in [0.25, 0.3) is 0 Å². The maximum absolute atomic E-state index is 12.5. The summed E-state index contributed by atoms with van der Waals surface area (Å²) in [6, 6.07) is -0.688. The third-order valence-corrected chi connectivity index (χ3v) is 3.94. The first-order chi connectivity index (χ1) is 9.32. The number of unbranched alkanes of at least 4 members (excludes halogenated alkanes) is 3. The zero-order chi connectivity index (χ0) is 15.3. The summed E-state index contributed by atoms with van der Waals surface area (Å²) in [6.45, 7) is 10.9. The Morgan fingerprint density at radius 1 is 1.10 bits per heavy atom. The van der Waals surface area contributed by atoms with Crippen molar-refractivity contribution in [1.29, 1.82) is 0 Å². The molecule has 0 aromatic heterocycles. The Balaban J connectivity index is 2.83. The van der Waals surface area contributed by atoms with E-state index in [-0.39, 0.29) is 29.3 Å². The topological polar surface area (TPSA) is 49.4 Å². The lowest BCUT2D eigenvalue weighted by molar-refractivity contribution is -0.154. The standard InChI is InChI=1S/C16H30N2O2/c1-6-8-9-10-11-18-13(16(3,4)5)14(19)17-12(7-2)15(18)20/h12-13H,6-11H2,1-5H3,(H,17,19). The Morgan fingerprint density at radius 2 is 1.75 bits per heavy atom. The van der Waals surface area contributed by atoms with Crippen LogP contribution in [0, 0.1) is 5.41 Å². The highest BCUT2D eigenvalue weighted by Crippen LogP contribution is 2.28. The summed E-state index contributed by atoms with van der Waals surface area (Å²) in [5.41, 5.74) is -0.233. The molecule has 1 aliphatic heterocycles. The Kier molecular flexibility index (Phi) is 6.03. The van der Waals surface area contributed by atoms with Crippen LogP contribution in [-0.4, -0.2) is 35.3 Å². The Bertz CT molecular complexity index is 347. The van der Waals surface area contributed by atoms with Crippen LogP contribution in [0.5, 0.6) is 0 Å². The van der Waals surface area contributed by atoms with Crippen LogP contribution in [0.1, 0.15) is 66.7 Å². The van der Waals surface area contributed by atoms with E-state index in [1.54, 1.807) is 0 Å². The summed E-state index contributed by atoms with van der Waals surface area (Å²) in [5, 5.41) is 2.87. The zero-order valence-electron chi connectivity index (χ0n) is 13.7. The first-order valence-electron chi connectivity index (χ1n) is 7.93. The third kappa shape index (κ3) is 3.97. The van der Waals surface area contributed by atoms with Crippen molar-refractivity contribution in [2.45, 2.75) is 78.8 Å². The van der Waals surface area contributed by atoms with Crippen molar-refractivity contribution in [2.75, 3.05) is 6.54 Å². The number of rotatable bonds is 6. The molecule has 1 rings (SSSR count). The van der Waals surface area contributed by atoms with Gasteiger partial charge in [-0.2, -0.15) is 0 Å². The molecule has 116 valence electrons. The number of nitrogens with zero attached hydrogens (tertiary/aromatic N) is 1. The molecule has 1 heterocycles. The Hall–Kier alpha value is -1.06. The summed E-state index contributed by atoms with van der Waals surface area (Å²) < 4.78 is 0. The molecular weight excluding hydrogens is 252 g/mol. The van der Waals surface area contributed by atoms with E-state index >= 15 is 0 Å². The minimum atomic E-state index is -0.348. The van der Waals surface area contributed by atoms with Gasteiger partial charge in [0, 0.05) is 6.54 Å². The zero-order valence-corrected chi connectivity index (χ0v) is 13.7. The fraction of sp³-hybridized carbons (Fsp3) is 0.875. The molecule has 1 N–H and O–H groups in total. The molecule has 2 amide bonds. The highest BCUT2D eigenvalue weighted by molar-refractivity contribution is 5.97. The normalized spacial score (nSPS) is 23.9. The van der Waals surface area contributed by atoms with E-state index in [2.05, 4.69) is 12.2 Å². The van der Waals surface area contributed by atoms with Crippen molar-refractivity contribution in [3.05, 3.63) is 0 Å². The largest absolute Gasteiger partial charge is 0.342 e. The average Bonchev–Trinajstić information content (AvgIpc) is 2.36. The van der Waals surface area contributed by atoms with Gasteiger partial charge in [-0.15, -0.1) is 0 Å². The van der Waals surface area contributed by atoms with Crippen molar-refractivity contribution in [3.63, 3.8) is 0 Å². The van der Waals surface area contributed by atoms with Crippen LogP contribution < -0.4 is 5.32 Å². The van der Waals surface area contributed by atoms with Crippen LogP contribution in [0.15, 0.2) is 0 Å². The molecule has 0 radical (unpaired) electrons. The first-order valence-corrected chi connectivity index (χ1v) is 7.93. The average molecular weight is 282 g/mol. The van der Waals surface area contributed by atoms with E-state index in [9.17, 15) is 9.59 Å². The van der Waals surface area contributed by atoms with E-state index in [4.69, 9.17) is 0 Å². The lowest BCUT2D eigenvalue weighted by Crippen LogP contribution is -2.66. The van der Waals surface area contributed by atoms with Crippen LogP contribution >= 0.6 is 0 Å². The Labute approximate surface area is 123 Å². The molecule has 4 nitrogen and oxygen atoms in total. The van der Waals surface area contributed by atoms with Gasteiger partial charge >= 0.3 is 0 Å².